The zero-order valence-corrected chi connectivity index (χ0v) is 11.0. The normalized spacial score (nSPS) is 44.6. The van der Waals surface area contributed by atoms with Crippen LogP contribution in [0.4, 0.5) is 8.78 Å². The van der Waals surface area contributed by atoms with Gasteiger partial charge in [0.05, 0.1) is 31.3 Å². The summed E-state index contributed by atoms with van der Waals surface area (Å²) in [6.07, 6.45) is 2.17. The van der Waals surface area contributed by atoms with Gasteiger partial charge in [-0.3, -0.25) is 9.69 Å². The molecule has 1 saturated carbocycles. The van der Waals surface area contributed by atoms with Crippen molar-refractivity contribution in [3.63, 3.8) is 0 Å². The summed E-state index contributed by atoms with van der Waals surface area (Å²) in [5.41, 5.74) is -2.94. The minimum absolute atomic E-state index is 0.0265. The number of carbonyl (C=O) groups excluding carboxylic acids is 1. The van der Waals surface area contributed by atoms with Crippen LogP contribution in [0, 0.1) is 5.41 Å². The number of hydrogen-bond acceptors (Lipinski definition) is 4. The number of rotatable bonds is 4. The van der Waals surface area contributed by atoms with E-state index in [0.717, 1.165) is 12.8 Å². The molecule has 1 aliphatic carbocycles. The second-order valence-corrected chi connectivity index (χ2v) is 6.24. The minimum Gasteiger partial charge on any atom is -0.394 e. The molecular formula is C13H19F2NO3. The highest BCUT2D eigenvalue weighted by Crippen LogP contribution is 2.53. The zero-order valence-electron chi connectivity index (χ0n) is 11.0. The number of ketones is 1. The van der Waals surface area contributed by atoms with Gasteiger partial charge in [-0.15, -0.1) is 0 Å². The molecule has 4 fully saturated rings. The Labute approximate surface area is 110 Å². The van der Waals surface area contributed by atoms with Crippen molar-refractivity contribution >= 4 is 5.78 Å². The zero-order chi connectivity index (χ0) is 13.9. The van der Waals surface area contributed by atoms with Crippen molar-refractivity contribution in [2.75, 3.05) is 26.3 Å². The van der Waals surface area contributed by atoms with Crippen LogP contribution in [0.1, 0.15) is 26.2 Å². The summed E-state index contributed by atoms with van der Waals surface area (Å²) in [4.78, 5) is 14.0. The number of Topliss-reactive ketones (excluding diaryl/α,β-unsaturated/α-hetero) is 1. The summed E-state index contributed by atoms with van der Waals surface area (Å²) in [5, 5.41) is 9.66. The average molecular weight is 275 g/mol. The number of aliphatic hydroxyl groups excluding tert-OH is 1. The number of alkyl halides is 2. The Kier molecular flexibility index (Phi) is 2.79. The molecule has 108 valence electrons. The van der Waals surface area contributed by atoms with Crippen molar-refractivity contribution in [2.45, 2.75) is 43.8 Å². The maximum absolute atomic E-state index is 14.0. The first kappa shape index (κ1) is 13.4. The fourth-order valence-corrected chi connectivity index (χ4v) is 3.20. The lowest BCUT2D eigenvalue weighted by molar-refractivity contribution is -0.232. The van der Waals surface area contributed by atoms with Gasteiger partial charge in [0.1, 0.15) is 5.54 Å². The Morgan fingerprint density at radius 3 is 2.68 bits per heavy atom. The van der Waals surface area contributed by atoms with Crippen LogP contribution >= 0.6 is 0 Å². The minimum atomic E-state index is -3.03. The first-order valence-electron chi connectivity index (χ1n) is 6.76. The SMILES string of the molecule is C[C@]12CCN(CC1(F)F)[C@@](CO)(COC1CC1)C2=O. The molecular weight excluding hydrogens is 256 g/mol. The molecule has 3 saturated heterocycles. The molecule has 0 spiro atoms. The van der Waals surface area contributed by atoms with E-state index in [9.17, 15) is 18.7 Å². The van der Waals surface area contributed by atoms with Crippen LogP contribution < -0.4 is 0 Å². The summed E-state index contributed by atoms with van der Waals surface area (Å²) < 4.78 is 33.6. The molecule has 3 aliphatic heterocycles. The topological polar surface area (TPSA) is 49.8 Å². The monoisotopic (exact) mass is 275 g/mol. The van der Waals surface area contributed by atoms with Gasteiger partial charge >= 0.3 is 0 Å². The number of hydrogen-bond donors (Lipinski definition) is 1. The number of carbonyl (C=O) groups is 1. The van der Waals surface area contributed by atoms with Crippen molar-refractivity contribution in [1.82, 2.24) is 4.90 Å². The lowest BCUT2D eigenvalue weighted by Crippen LogP contribution is -2.78. The van der Waals surface area contributed by atoms with E-state index in [-0.39, 0.29) is 19.1 Å². The van der Waals surface area contributed by atoms with E-state index in [0.29, 0.717) is 6.54 Å². The van der Waals surface area contributed by atoms with Gasteiger partial charge in [-0.2, -0.15) is 0 Å². The Balaban J connectivity index is 1.90. The van der Waals surface area contributed by atoms with Crippen LogP contribution in [0.3, 0.4) is 0 Å². The van der Waals surface area contributed by atoms with Gasteiger partial charge in [0.15, 0.2) is 5.78 Å². The number of halogens is 2. The molecule has 0 radical (unpaired) electrons. The molecule has 4 nitrogen and oxygen atoms in total. The van der Waals surface area contributed by atoms with Crippen molar-refractivity contribution in [1.29, 1.82) is 0 Å². The maximum atomic E-state index is 14.0. The van der Waals surface area contributed by atoms with E-state index in [4.69, 9.17) is 4.74 Å². The van der Waals surface area contributed by atoms with E-state index < -0.39 is 35.8 Å². The summed E-state index contributed by atoms with van der Waals surface area (Å²) in [7, 11) is 0. The van der Waals surface area contributed by atoms with E-state index in [1.54, 1.807) is 0 Å². The van der Waals surface area contributed by atoms with Crippen LogP contribution in [0.25, 0.3) is 0 Å². The fraction of sp³-hybridized carbons (Fsp3) is 0.923. The smallest absolute Gasteiger partial charge is 0.272 e. The van der Waals surface area contributed by atoms with Crippen LogP contribution in [0.15, 0.2) is 0 Å². The number of ether oxygens (including phenoxy) is 1. The number of nitrogens with zero attached hydrogens (tertiary/aromatic N) is 1. The second-order valence-electron chi connectivity index (χ2n) is 6.24. The van der Waals surface area contributed by atoms with Crippen LogP contribution in [-0.2, 0) is 9.53 Å². The molecule has 2 bridgehead atoms. The summed E-state index contributed by atoms with van der Waals surface area (Å²) in [5.74, 6) is -3.59. The summed E-state index contributed by atoms with van der Waals surface area (Å²) in [6, 6.07) is 0. The van der Waals surface area contributed by atoms with Gasteiger partial charge in [-0.05, 0) is 26.2 Å². The van der Waals surface area contributed by atoms with Crippen LogP contribution in [0.2, 0.25) is 0 Å². The van der Waals surface area contributed by atoms with Gasteiger partial charge in [0.2, 0.25) is 0 Å². The first-order valence-corrected chi connectivity index (χ1v) is 6.76. The van der Waals surface area contributed by atoms with Crippen molar-refractivity contribution in [2.24, 2.45) is 5.41 Å². The van der Waals surface area contributed by atoms with E-state index in [1.165, 1.54) is 11.8 Å². The third kappa shape index (κ3) is 1.69. The lowest BCUT2D eigenvalue weighted by atomic mass is 9.62. The number of aliphatic hydroxyl groups is 1. The first-order chi connectivity index (χ1) is 8.86. The van der Waals surface area contributed by atoms with Gasteiger partial charge in [-0.25, -0.2) is 8.78 Å². The largest absolute Gasteiger partial charge is 0.394 e. The fourth-order valence-electron chi connectivity index (χ4n) is 3.20. The third-order valence-electron chi connectivity index (χ3n) is 4.95. The molecule has 0 aromatic carbocycles. The van der Waals surface area contributed by atoms with Crippen molar-refractivity contribution in [3.05, 3.63) is 0 Å². The number of piperidine rings is 3. The molecule has 0 aromatic rings. The number of fused-ring (bicyclic) bond motifs is 3. The Bertz CT molecular complexity index is 413. The molecule has 3 atom stereocenters. The molecule has 0 amide bonds. The highest BCUT2D eigenvalue weighted by Gasteiger charge is 2.70. The molecule has 6 heteroatoms. The predicted molar refractivity (Wildman–Crippen MR) is 63.0 cm³/mol. The second kappa shape index (κ2) is 3.96. The molecule has 4 aliphatic rings. The van der Waals surface area contributed by atoms with Crippen molar-refractivity contribution < 1.29 is 23.4 Å². The molecule has 1 unspecified atom stereocenters. The highest BCUT2D eigenvalue weighted by molar-refractivity contribution is 5.96. The molecule has 19 heavy (non-hydrogen) atoms. The van der Waals surface area contributed by atoms with E-state index in [2.05, 4.69) is 0 Å². The quantitative estimate of drug-likeness (QED) is 0.825. The predicted octanol–water partition coefficient (Wildman–Crippen LogP) is 0.827. The Hall–Kier alpha value is -0.590. The Morgan fingerprint density at radius 2 is 2.16 bits per heavy atom. The van der Waals surface area contributed by atoms with Gasteiger partial charge < -0.3 is 9.84 Å². The summed E-state index contributed by atoms with van der Waals surface area (Å²) >= 11 is 0. The standard InChI is InChI=1S/C13H19F2NO3/c1-11-4-5-16(6-13(11,14)15)12(7-17,10(11)18)8-19-9-2-3-9/h9,17H,2-8H2,1H3/t11-,12+/m1/s1. The maximum Gasteiger partial charge on any atom is 0.272 e. The van der Waals surface area contributed by atoms with E-state index >= 15 is 0 Å². The third-order valence-corrected chi connectivity index (χ3v) is 4.95. The molecule has 0 aromatic heterocycles. The van der Waals surface area contributed by atoms with Crippen LogP contribution in [0.5, 0.6) is 0 Å². The van der Waals surface area contributed by atoms with E-state index in [1.807, 2.05) is 0 Å². The average Bonchev–Trinajstić information content (AvgIpc) is 3.16. The summed E-state index contributed by atoms with van der Waals surface area (Å²) in [6.45, 7) is 0.840. The van der Waals surface area contributed by atoms with Gasteiger partial charge in [-0.1, -0.05) is 0 Å². The molecule has 3 heterocycles. The molecule has 1 N–H and O–H groups in total. The van der Waals surface area contributed by atoms with Crippen LogP contribution in [-0.4, -0.2) is 59.7 Å². The Morgan fingerprint density at radius 1 is 1.47 bits per heavy atom. The lowest BCUT2D eigenvalue weighted by Gasteiger charge is -2.59. The van der Waals surface area contributed by atoms with Crippen molar-refractivity contribution in [3.8, 4) is 0 Å². The van der Waals surface area contributed by atoms with Gasteiger partial charge in [0.25, 0.3) is 5.92 Å². The van der Waals surface area contributed by atoms with Gasteiger partial charge in [0, 0.05) is 6.54 Å². The molecule has 4 rings (SSSR count). The highest BCUT2D eigenvalue weighted by atomic mass is 19.3.